The Morgan fingerprint density at radius 1 is 1.30 bits per heavy atom. The molecule has 2 rings (SSSR count). The number of rotatable bonds is 3. The highest BCUT2D eigenvalue weighted by molar-refractivity contribution is 5.99. The predicted octanol–water partition coefficient (Wildman–Crippen LogP) is 3.32. The summed E-state index contributed by atoms with van der Waals surface area (Å²) in [6.07, 6.45) is 1.93. The lowest BCUT2D eigenvalue weighted by molar-refractivity contribution is -0.152. The maximum atomic E-state index is 12.2. The normalized spacial score (nSPS) is 22.6. The molecule has 1 aliphatic carbocycles. The first-order valence-corrected chi connectivity index (χ1v) is 7.29. The number of benzene rings is 1. The van der Waals surface area contributed by atoms with Crippen molar-refractivity contribution < 1.29 is 14.3 Å². The molecule has 0 aliphatic heterocycles. The van der Waals surface area contributed by atoms with Gasteiger partial charge in [-0.15, -0.1) is 0 Å². The first kappa shape index (κ1) is 14.8. The SMILES string of the molecule is CCOC(=O)C1CCC(c2ccc(C)cc2C)CC1=O. The van der Waals surface area contributed by atoms with Gasteiger partial charge in [0.1, 0.15) is 11.7 Å². The molecular weight excluding hydrogens is 252 g/mol. The van der Waals surface area contributed by atoms with Crippen LogP contribution in [0, 0.1) is 19.8 Å². The number of esters is 1. The standard InChI is InChI=1S/C17H22O3/c1-4-20-17(19)15-8-6-13(10-16(15)18)14-7-5-11(2)9-12(14)3/h5,7,9,13,15H,4,6,8,10H2,1-3H3. The van der Waals surface area contributed by atoms with Crippen LogP contribution in [0.25, 0.3) is 0 Å². The minimum Gasteiger partial charge on any atom is -0.465 e. The number of aryl methyl sites for hydroxylation is 2. The highest BCUT2D eigenvalue weighted by Crippen LogP contribution is 2.35. The Bertz CT molecular complexity index is 519. The summed E-state index contributed by atoms with van der Waals surface area (Å²) in [5.41, 5.74) is 3.71. The van der Waals surface area contributed by atoms with Crippen LogP contribution in [-0.2, 0) is 14.3 Å². The number of hydrogen-bond donors (Lipinski definition) is 0. The number of hydrogen-bond acceptors (Lipinski definition) is 3. The Kier molecular flexibility index (Phi) is 4.58. The van der Waals surface area contributed by atoms with Crippen molar-refractivity contribution in [2.24, 2.45) is 5.92 Å². The summed E-state index contributed by atoms with van der Waals surface area (Å²) < 4.78 is 4.97. The molecule has 0 heterocycles. The molecule has 0 bridgehead atoms. The van der Waals surface area contributed by atoms with Crippen molar-refractivity contribution in [3.8, 4) is 0 Å². The van der Waals surface area contributed by atoms with Gasteiger partial charge in [-0.3, -0.25) is 9.59 Å². The van der Waals surface area contributed by atoms with Gasteiger partial charge in [0.25, 0.3) is 0 Å². The van der Waals surface area contributed by atoms with Crippen molar-refractivity contribution in [3.05, 3.63) is 34.9 Å². The summed E-state index contributed by atoms with van der Waals surface area (Å²) in [5.74, 6) is -0.623. The van der Waals surface area contributed by atoms with E-state index in [-0.39, 0.29) is 17.7 Å². The molecule has 0 aromatic heterocycles. The maximum Gasteiger partial charge on any atom is 0.316 e. The van der Waals surface area contributed by atoms with Gasteiger partial charge in [-0.2, -0.15) is 0 Å². The summed E-state index contributed by atoms with van der Waals surface area (Å²) in [7, 11) is 0. The number of ether oxygens (including phenoxy) is 1. The lowest BCUT2D eigenvalue weighted by Gasteiger charge is -2.27. The van der Waals surface area contributed by atoms with Gasteiger partial charge in [0.15, 0.2) is 0 Å². The molecule has 2 atom stereocenters. The molecule has 2 unspecified atom stereocenters. The molecule has 1 saturated carbocycles. The second kappa shape index (κ2) is 6.21. The fraction of sp³-hybridized carbons (Fsp3) is 0.529. The van der Waals surface area contributed by atoms with Crippen molar-refractivity contribution >= 4 is 11.8 Å². The lowest BCUT2D eigenvalue weighted by Crippen LogP contribution is -2.31. The van der Waals surface area contributed by atoms with Gasteiger partial charge in [0, 0.05) is 6.42 Å². The molecule has 0 spiro atoms. The van der Waals surface area contributed by atoms with Crippen LogP contribution < -0.4 is 0 Å². The van der Waals surface area contributed by atoms with Crippen LogP contribution >= 0.6 is 0 Å². The molecule has 1 fully saturated rings. The van der Waals surface area contributed by atoms with Gasteiger partial charge in [-0.1, -0.05) is 23.8 Å². The summed E-state index contributed by atoms with van der Waals surface area (Å²) in [4.78, 5) is 23.9. The Hall–Kier alpha value is -1.64. The zero-order valence-electron chi connectivity index (χ0n) is 12.4. The number of ketones is 1. The Morgan fingerprint density at radius 2 is 2.05 bits per heavy atom. The zero-order chi connectivity index (χ0) is 14.7. The third-order valence-electron chi connectivity index (χ3n) is 4.08. The number of Topliss-reactive ketones (excluding diaryl/α,β-unsaturated/α-hetero) is 1. The summed E-state index contributed by atoms with van der Waals surface area (Å²) in [6.45, 7) is 6.26. The molecule has 1 aromatic carbocycles. The average molecular weight is 274 g/mol. The van der Waals surface area contributed by atoms with Crippen LogP contribution in [0.4, 0.5) is 0 Å². The van der Waals surface area contributed by atoms with E-state index in [4.69, 9.17) is 4.74 Å². The first-order chi connectivity index (χ1) is 9.52. The summed E-state index contributed by atoms with van der Waals surface area (Å²) in [6, 6.07) is 6.36. The van der Waals surface area contributed by atoms with E-state index >= 15 is 0 Å². The highest BCUT2D eigenvalue weighted by atomic mass is 16.5. The Morgan fingerprint density at radius 3 is 2.65 bits per heavy atom. The van der Waals surface area contributed by atoms with Crippen LogP contribution in [0.5, 0.6) is 0 Å². The molecule has 0 N–H and O–H groups in total. The van der Waals surface area contributed by atoms with Crippen molar-refractivity contribution in [1.82, 2.24) is 0 Å². The molecule has 1 aliphatic rings. The molecule has 0 radical (unpaired) electrons. The minimum atomic E-state index is -0.544. The molecule has 0 amide bonds. The first-order valence-electron chi connectivity index (χ1n) is 7.29. The Balaban J connectivity index is 2.09. The molecule has 20 heavy (non-hydrogen) atoms. The number of carbonyl (C=O) groups is 2. The smallest absolute Gasteiger partial charge is 0.316 e. The minimum absolute atomic E-state index is 0.0275. The summed E-state index contributed by atoms with van der Waals surface area (Å²) in [5, 5.41) is 0. The average Bonchev–Trinajstić information content (AvgIpc) is 2.38. The quantitative estimate of drug-likeness (QED) is 0.627. The van der Waals surface area contributed by atoms with Gasteiger partial charge in [-0.25, -0.2) is 0 Å². The summed E-state index contributed by atoms with van der Waals surface area (Å²) >= 11 is 0. The van der Waals surface area contributed by atoms with Gasteiger partial charge in [0.2, 0.25) is 0 Å². The van der Waals surface area contributed by atoms with Gasteiger partial charge in [-0.05, 0) is 50.7 Å². The molecule has 3 nitrogen and oxygen atoms in total. The predicted molar refractivity (Wildman–Crippen MR) is 77.6 cm³/mol. The van der Waals surface area contributed by atoms with E-state index in [2.05, 4.69) is 32.0 Å². The maximum absolute atomic E-state index is 12.2. The molecule has 0 saturated heterocycles. The van der Waals surface area contributed by atoms with E-state index in [0.717, 1.165) is 6.42 Å². The molecule has 1 aromatic rings. The highest BCUT2D eigenvalue weighted by Gasteiger charge is 2.35. The second-order valence-electron chi connectivity index (χ2n) is 5.61. The third-order valence-corrected chi connectivity index (χ3v) is 4.08. The molecular formula is C17H22O3. The lowest BCUT2D eigenvalue weighted by atomic mass is 9.76. The van der Waals surface area contributed by atoms with E-state index in [1.54, 1.807) is 6.92 Å². The van der Waals surface area contributed by atoms with Crippen molar-refractivity contribution in [2.75, 3.05) is 6.61 Å². The van der Waals surface area contributed by atoms with E-state index < -0.39 is 5.92 Å². The van der Waals surface area contributed by atoms with Crippen LogP contribution in [0.1, 0.15) is 48.8 Å². The van der Waals surface area contributed by atoms with E-state index in [9.17, 15) is 9.59 Å². The van der Waals surface area contributed by atoms with Crippen LogP contribution in [0.3, 0.4) is 0 Å². The fourth-order valence-electron chi connectivity index (χ4n) is 3.06. The van der Waals surface area contributed by atoms with E-state index in [0.29, 0.717) is 19.4 Å². The third kappa shape index (κ3) is 3.09. The Labute approximate surface area is 120 Å². The van der Waals surface area contributed by atoms with E-state index in [1.807, 2.05) is 0 Å². The van der Waals surface area contributed by atoms with Crippen molar-refractivity contribution in [2.45, 2.75) is 46.0 Å². The van der Waals surface area contributed by atoms with Gasteiger partial charge < -0.3 is 4.74 Å². The monoisotopic (exact) mass is 274 g/mol. The number of carbonyl (C=O) groups excluding carboxylic acids is 2. The largest absolute Gasteiger partial charge is 0.465 e. The van der Waals surface area contributed by atoms with Crippen LogP contribution in [-0.4, -0.2) is 18.4 Å². The van der Waals surface area contributed by atoms with E-state index in [1.165, 1.54) is 16.7 Å². The molecule has 108 valence electrons. The van der Waals surface area contributed by atoms with Crippen LogP contribution in [0.15, 0.2) is 18.2 Å². The topological polar surface area (TPSA) is 43.4 Å². The fourth-order valence-corrected chi connectivity index (χ4v) is 3.06. The molecule has 3 heteroatoms. The van der Waals surface area contributed by atoms with Crippen molar-refractivity contribution in [3.63, 3.8) is 0 Å². The van der Waals surface area contributed by atoms with Crippen LogP contribution in [0.2, 0.25) is 0 Å². The van der Waals surface area contributed by atoms with Gasteiger partial charge >= 0.3 is 5.97 Å². The van der Waals surface area contributed by atoms with Crippen molar-refractivity contribution in [1.29, 1.82) is 0 Å². The van der Waals surface area contributed by atoms with Gasteiger partial charge in [0.05, 0.1) is 6.61 Å². The second-order valence-corrected chi connectivity index (χ2v) is 5.61. The zero-order valence-corrected chi connectivity index (χ0v) is 12.4.